The van der Waals surface area contributed by atoms with Crippen LogP contribution in [0.3, 0.4) is 0 Å². The highest BCUT2D eigenvalue weighted by Crippen LogP contribution is 2.30. The quantitative estimate of drug-likeness (QED) is 0.399. The molecule has 0 spiro atoms. The Labute approximate surface area is 170 Å². The van der Waals surface area contributed by atoms with Gasteiger partial charge in [0.2, 0.25) is 10.0 Å². The van der Waals surface area contributed by atoms with E-state index < -0.39 is 27.4 Å². The SMILES string of the molecule is CS(=O)(=O)N(CC(=O)N/N=C\c1ccc([N+](=O)[O-])cc1)c1cc(Cl)ccc1Cl. The maximum Gasteiger partial charge on any atom is 0.269 e. The summed E-state index contributed by atoms with van der Waals surface area (Å²) in [5.41, 5.74) is 2.67. The highest BCUT2D eigenvalue weighted by atomic mass is 35.5. The number of nitrogens with zero attached hydrogens (tertiary/aromatic N) is 3. The standard InChI is InChI=1S/C16H14Cl2N4O5S/c1-28(26,27)21(15-8-12(17)4-7-14(15)18)10-16(23)20-19-9-11-2-5-13(6-3-11)22(24)25/h2-9H,10H2,1H3,(H,20,23)/b19-9-. The number of sulfonamides is 1. The summed E-state index contributed by atoms with van der Waals surface area (Å²) in [6.45, 7) is -0.573. The van der Waals surface area contributed by atoms with Crippen LogP contribution in [0.5, 0.6) is 0 Å². The molecular weight excluding hydrogens is 431 g/mol. The fourth-order valence-electron chi connectivity index (χ4n) is 2.08. The third-order valence-corrected chi connectivity index (χ3v) is 5.05. The summed E-state index contributed by atoms with van der Waals surface area (Å²) in [6, 6.07) is 9.71. The van der Waals surface area contributed by atoms with Crippen LogP contribution in [0.2, 0.25) is 10.0 Å². The second kappa shape index (κ2) is 9.00. The van der Waals surface area contributed by atoms with Gasteiger partial charge in [-0.15, -0.1) is 0 Å². The summed E-state index contributed by atoms with van der Waals surface area (Å²) < 4.78 is 24.9. The van der Waals surface area contributed by atoms with E-state index >= 15 is 0 Å². The second-order valence-electron chi connectivity index (χ2n) is 5.51. The summed E-state index contributed by atoms with van der Waals surface area (Å²) in [7, 11) is -3.83. The number of nitrogens with one attached hydrogen (secondary N) is 1. The fourth-order valence-corrected chi connectivity index (χ4v) is 3.38. The molecule has 148 valence electrons. The summed E-state index contributed by atoms with van der Waals surface area (Å²) in [5.74, 6) is -0.723. The third-order valence-electron chi connectivity index (χ3n) is 3.37. The van der Waals surface area contributed by atoms with E-state index in [0.717, 1.165) is 10.6 Å². The molecule has 0 saturated heterocycles. The Bertz CT molecular complexity index is 1030. The van der Waals surface area contributed by atoms with Crippen LogP contribution in [0.25, 0.3) is 0 Å². The molecule has 0 saturated carbocycles. The number of anilines is 1. The molecule has 0 aliphatic heterocycles. The number of non-ortho nitro benzene ring substituents is 1. The highest BCUT2D eigenvalue weighted by molar-refractivity contribution is 7.92. The van der Waals surface area contributed by atoms with E-state index in [1.54, 1.807) is 0 Å². The lowest BCUT2D eigenvalue weighted by Crippen LogP contribution is -2.39. The van der Waals surface area contributed by atoms with Crippen LogP contribution in [0, 0.1) is 10.1 Å². The molecule has 2 aromatic carbocycles. The number of carbonyl (C=O) groups is 1. The van der Waals surface area contributed by atoms with Crippen LogP contribution in [-0.4, -0.2) is 38.3 Å². The summed E-state index contributed by atoms with van der Waals surface area (Å²) in [4.78, 5) is 22.2. The smallest absolute Gasteiger partial charge is 0.269 e. The molecule has 0 atom stereocenters. The Morgan fingerprint density at radius 1 is 1.25 bits per heavy atom. The molecule has 12 heteroatoms. The van der Waals surface area contributed by atoms with Gasteiger partial charge >= 0.3 is 0 Å². The topological polar surface area (TPSA) is 122 Å². The lowest BCUT2D eigenvalue weighted by molar-refractivity contribution is -0.384. The Morgan fingerprint density at radius 2 is 1.89 bits per heavy atom. The number of hydrogen-bond acceptors (Lipinski definition) is 6. The van der Waals surface area contributed by atoms with Crippen molar-refractivity contribution in [3.05, 3.63) is 68.2 Å². The van der Waals surface area contributed by atoms with Crippen molar-refractivity contribution < 1.29 is 18.1 Å². The van der Waals surface area contributed by atoms with Gasteiger partial charge in [-0.3, -0.25) is 19.2 Å². The molecule has 2 aromatic rings. The van der Waals surface area contributed by atoms with E-state index in [1.807, 2.05) is 0 Å². The van der Waals surface area contributed by atoms with Crippen LogP contribution in [0.1, 0.15) is 5.56 Å². The number of halogens is 2. The monoisotopic (exact) mass is 444 g/mol. The van der Waals surface area contributed by atoms with Gasteiger partial charge in [0.25, 0.3) is 11.6 Å². The van der Waals surface area contributed by atoms with Gasteiger partial charge in [0, 0.05) is 17.2 Å². The van der Waals surface area contributed by atoms with Crippen molar-refractivity contribution in [3.63, 3.8) is 0 Å². The van der Waals surface area contributed by atoms with Gasteiger partial charge in [0.1, 0.15) is 6.54 Å². The molecule has 0 aliphatic carbocycles. The van der Waals surface area contributed by atoms with Gasteiger partial charge < -0.3 is 0 Å². The van der Waals surface area contributed by atoms with Crippen LogP contribution >= 0.6 is 23.2 Å². The van der Waals surface area contributed by atoms with Crippen molar-refractivity contribution in [3.8, 4) is 0 Å². The van der Waals surface area contributed by atoms with E-state index in [0.29, 0.717) is 5.56 Å². The predicted molar refractivity (Wildman–Crippen MR) is 107 cm³/mol. The zero-order valence-electron chi connectivity index (χ0n) is 14.4. The van der Waals surface area contributed by atoms with E-state index in [9.17, 15) is 23.3 Å². The van der Waals surface area contributed by atoms with Crippen molar-refractivity contribution in [2.24, 2.45) is 5.10 Å². The van der Waals surface area contributed by atoms with Gasteiger partial charge in [-0.25, -0.2) is 13.8 Å². The molecule has 1 amide bonds. The lowest BCUT2D eigenvalue weighted by atomic mass is 10.2. The number of nitro benzene ring substituents is 1. The molecule has 0 fully saturated rings. The average molecular weight is 445 g/mol. The van der Waals surface area contributed by atoms with Gasteiger partial charge in [0.15, 0.2) is 0 Å². The summed E-state index contributed by atoms with van der Waals surface area (Å²) in [5, 5.41) is 14.7. The molecular formula is C16H14Cl2N4O5S. The first-order valence-corrected chi connectivity index (χ1v) is 10.2. The molecule has 0 aromatic heterocycles. The van der Waals surface area contributed by atoms with Crippen molar-refractivity contribution >= 4 is 56.7 Å². The van der Waals surface area contributed by atoms with E-state index in [4.69, 9.17) is 23.2 Å². The van der Waals surface area contributed by atoms with Crippen molar-refractivity contribution in [1.29, 1.82) is 0 Å². The van der Waals surface area contributed by atoms with Crippen molar-refractivity contribution in [2.45, 2.75) is 0 Å². The van der Waals surface area contributed by atoms with Gasteiger partial charge in [-0.05, 0) is 35.9 Å². The molecule has 9 nitrogen and oxygen atoms in total. The number of hydrazone groups is 1. The number of amides is 1. The minimum absolute atomic E-state index is 0.0613. The van der Waals surface area contributed by atoms with Crippen LogP contribution in [0.15, 0.2) is 47.6 Å². The highest BCUT2D eigenvalue weighted by Gasteiger charge is 2.23. The molecule has 0 unspecified atom stereocenters. The van der Waals surface area contributed by atoms with E-state index in [1.165, 1.54) is 48.7 Å². The van der Waals surface area contributed by atoms with Gasteiger partial charge in [-0.2, -0.15) is 5.10 Å². The van der Waals surface area contributed by atoms with Crippen LogP contribution in [0.4, 0.5) is 11.4 Å². The minimum atomic E-state index is -3.83. The first-order chi connectivity index (χ1) is 13.1. The van der Waals surface area contributed by atoms with Crippen LogP contribution in [-0.2, 0) is 14.8 Å². The first kappa shape index (κ1) is 21.6. The fraction of sp³-hybridized carbons (Fsp3) is 0.125. The number of rotatable bonds is 7. The maximum absolute atomic E-state index is 12.1. The Morgan fingerprint density at radius 3 is 2.46 bits per heavy atom. The van der Waals surface area contributed by atoms with Crippen molar-refractivity contribution in [2.75, 3.05) is 17.1 Å². The minimum Gasteiger partial charge on any atom is -0.271 e. The lowest BCUT2D eigenvalue weighted by Gasteiger charge is -2.22. The van der Waals surface area contributed by atoms with Gasteiger partial charge in [-0.1, -0.05) is 23.2 Å². The molecule has 0 aliphatic rings. The number of hydrogen-bond donors (Lipinski definition) is 1. The van der Waals surface area contributed by atoms with Crippen molar-refractivity contribution in [1.82, 2.24) is 5.43 Å². The molecule has 0 bridgehead atoms. The van der Waals surface area contributed by atoms with Gasteiger partial charge in [0.05, 0.1) is 28.1 Å². The van der Waals surface area contributed by atoms with Crippen LogP contribution < -0.4 is 9.73 Å². The Kier molecular flexibility index (Phi) is 6.95. The van der Waals surface area contributed by atoms with E-state index in [-0.39, 0.29) is 21.4 Å². The number of benzene rings is 2. The zero-order valence-corrected chi connectivity index (χ0v) is 16.7. The van der Waals surface area contributed by atoms with E-state index in [2.05, 4.69) is 10.5 Å². The maximum atomic E-state index is 12.1. The first-order valence-electron chi connectivity index (χ1n) is 7.57. The average Bonchev–Trinajstić information content (AvgIpc) is 2.61. The Balaban J connectivity index is 2.10. The third kappa shape index (κ3) is 5.91. The normalized spacial score (nSPS) is 11.4. The predicted octanol–water partition coefficient (Wildman–Crippen LogP) is 2.82. The molecule has 1 N–H and O–H groups in total. The summed E-state index contributed by atoms with van der Waals surface area (Å²) in [6.07, 6.45) is 2.19. The summed E-state index contributed by atoms with van der Waals surface area (Å²) >= 11 is 11.9. The molecule has 28 heavy (non-hydrogen) atoms. The number of carbonyl (C=O) groups excluding carboxylic acids is 1. The molecule has 0 radical (unpaired) electrons. The molecule has 2 rings (SSSR count). The number of nitro groups is 1. The molecule has 0 heterocycles. The largest absolute Gasteiger partial charge is 0.271 e. The Hall–Kier alpha value is -2.69. The second-order valence-corrected chi connectivity index (χ2v) is 8.26. The zero-order chi connectivity index (χ0) is 20.9.